The van der Waals surface area contributed by atoms with Gasteiger partial charge in [-0.3, -0.25) is 19.4 Å². The lowest BCUT2D eigenvalue weighted by Gasteiger charge is -2.32. The van der Waals surface area contributed by atoms with E-state index in [9.17, 15) is 4.79 Å². The molecule has 0 saturated carbocycles. The Hall–Kier alpha value is -3.09. The molecule has 1 amide bonds. The molecule has 26 heavy (non-hydrogen) atoms. The molecule has 7 heteroatoms. The van der Waals surface area contributed by atoms with E-state index in [1.54, 1.807) is 17.1 Å². The fourth-order valence-electron chi connectivity index (χ4n) is 3.36. The molecule has 3 aromatic rings. The van der Waals surface area contributed by atoms with Crippen LogP contribution < -0.4 is 0 Å². The number of aromatic nitrogens is 5. The Morgan fingerprint density at radius 1 is 1.12 bits per heavy atom. The summed E-state index contributed by atoms with van der Waals surface area (Å²) < 4.78 is 1.78. The number of piperidine rings is 1. The number of carbonyl (C=O) groups excluding carboxylic acids is 1. The Kier molecular flexibility index (Phi) is 4.43. The molecule has 3 aromatic heterocycles. The van der Waals surface area contributed by atoms with Crippen molar-refractivity contribution in [1.29, 1.82) is 0 Å². The molecule has 1 atom stereocenters. The van der Waals surface area contributed by atoms with Crippen LogP contribution in [0.2, 0.25) is 0 Å². The van der Waals surface area contributed by atoms with Gasteiger partial charge in [-0.25, -0.2) is 4.98 Å². The van der Waals surface area contributed by atoms with Gasteiger partial charge >= 0.3 is 0 Å². The number of aryl methyl sites for hydroxylation is 1. The van der Waals surface area contributed by atoms with E-state index in [-0.39, 0.29) is 11.8 Å². The lowest BCUT2D eigenvalue weighted by molar-refractivity contribution is 0.0699. The van der Waals surface area contributed by atoms with Gasteiger partial charge in [0.1, 0.15) is 5.69 Å². The zero-order valence-corrected chi connectivity index (χ0v) is 14.6. The molecule has 1 aliphatic rings. The first-order valence-electron chi connectivity index (χ1n) is 8.71. The van der Waals surface area contributed by atoms with Crippen LogP contribution in [0.4, 0.5) is 0 Å². The summed E-state index contributed by atoms with van der Waals surface area (Å²) in [6, 6.07) is 4.13. The van der Waals surface area contributed by atoms with Gasteiger partial charge in [-0.15, -0.1) is 0 Å². The van der Waals surface area contributed by atoms with Crippen molar-refractivity contribution < 1.29 is 4.79 Å². The van der Waals surface area contributed by atoms with Gasteiger partial charge in [-0.05, 0) is 18.9 Å². The predicted octanol–water partition coefficient (Wildman–Crippen LogP) is 2.29. The average Bonchev–Trinajstić information content (AvgIpc) is 3.15. The maximum Gasteiger partial charge on any atom is 0.274 e. The molecule has 1 saturated heterocycles. The van der Waals surface area contributed by atoms with Crippen molar-refractivity contribution in [3.8, 4) is 11.1 Å². The molecule has 7 nitrogen and oxygen atoms in total. The van der Waals surface area contributed by atoms with Crippen molar-refractivity contribution in [2.24, 2.45) is 7.05 Å². The van der Waals surface area contributed by atoms with Crippen molar-refractivity contribution in [2.45, 2.75) is 18.8 Å². The van der Waals surface area contributed by atoms with Crippen molar-refractivity contribution in [1.82, 2.24) is 29.6 Å². The summed E-state index contributed by atoms with van der Waals surface area (Å²) in [5, 5.41) is 4.20. The zero-order chi connectivity index (χ0) is 17.9. The Morgan fingerprint density at radius 2 is 2.04 bits per heavy atom. The fraction of sp³-hybridized carbons (Fsp3) is 0.316. The van der Waals surface area contributed by atoms with Gasteiger partial charge in [-0.2, -0.15) is 5.10 Å². The largest absolute Gasteiger partial charge is 0.337 e. The number of likely N-dealkylation sites (tertiary alicyclic amines) is 1. The normalized spacial score (nSPS) is 17.3. The number of carbonyl (C=O) groups is 1. The van der Waals surface area contributed by atoms with Crippen molar-refractivity contribution in [3.63, 3.8) is 0 Å². The van der Waals surface area contributed by atoms with Gasteiger partial charge in [-0.1, -0.05) is 6.07 Å². The number of nitrogens with zero attached hydrogens (tertiary/aromatic N) is 6. The molecule has 0 aromatic carbocycles. The van der Waals surface area contributed by atoms with E-state index in [4.69, 9.17) is 0 Å². The van der Waals surface area contributed by atoms with Crippen LogP contribution in [0.5, 0.6) is 0 Å². The lowest BCUT2D eigenvalue weighted by atomic mass is 9.93. The molecule has 0 spiro atoms. The molecule has 0 aliphatic carbocycles. The molecule has 1 unspecified atom stereocenters. The minimum atomic E-state index is -0.0604. The molecule has 0 N–H and O–H groups in total. The first kappa shape index (κ1) is 16.4. The number of pyridine rings is 1. The molecular formula is C19H20N6O. The molecule has 132 valence electrons. The first-order chi connectivity index (χ1) is 12.7. The van der Waals surface area contributed by atoms with Crippen LogP contribution in [0, 0.1) is 0 Å². The summed E-state index contributed by atoms with van der Waals surface area (Å²) in [7, 11) is 1.90. The first-order valence-corrected chi connectivity index (χ1v) is 8.71. The Bertz CT molecular complexity index is 890. The lowest BCUT2D eigenvalue weighted by Crippen LogP contribution is -2.39. The van der Waals surface area contributed by atoms with Crippen LogP contribution in [0.1, 0.15) is 34.9 Å². The highest BCUT2D eigenvalue weighted by Crippen LogP contribution is 2.27. The molecule has 1 fully saturated rings. The van der Waals surface area contributed by atoms with Gasteiger partial charge in [0.15, 0.2) is 0 Å². The van der Waals surface area contributed by atoms with E-state index in [0.29, 0.717) is 12.2 Å². The van der Waals surface area contributed by atoms with Gasteiger partial charge in [0.2, 0.25) is 0 Å². The molecule has 4 rings (SSSR count). The molecule has 0 bridgehead atoms. The topological polar surface area (TPSA) is 76.8 Å². The number of rotatable bonds is 3. The summed E-state index contributed by atoms with van der Waals surface area (Å²) in [5.41, 5.74) is 3.52. The molecular weight excluding hydrogens is 328 g/mol. The SMILES string of the molecule is Cn1cc(-c2ccc(C3CCCN(C(=O)c4cnccn4)C3)nc2)cn1. The van der Waals surface area contributed by atoms with Crippen LogP contribution in [0.25, 0.3) is 11.1 Å². The van der Waals surface area contributed by atoms with Crippen molar-refractivity contribution >= 4 is 5.91 Å². The predicted molar refractivity (Wildman–Crippen MR) is 96.3 cm³/mol. The van der Waals surface area contributed by atoms with Crippen molar-refractivity contribution in [3.05, 3.63) is 60.7 Å². The second-order valence-corrected chi connectivity index (χ2v) is 6.56. The third kappa shape index (κ3) is 3.33. The van der Waals surface area contributed by atoms with Gasteiger partial charge in [0, 0.05) is 67.7 Å². The Balaban J connectivity index is 1.48. The van der Waals surface area contributed by atoms with Gasteiger partial charge < -0.3 is 4.90 Å². The summed E-state index contributed by atoms with van der Waals surface area (Å²) in [4.78, 5) is 27.2. The van der Waals surface area contributed by atoms with E-state index in [2.05, 4.69) is 32.2 Å². The van der Waals surface area contributed by atoms with E-state index >= 15 is 0 Å². The van der Waals surface area contributed by atoms with E-state index in [1.165, 1.54) is 6.20 Å². The Morgan fingerprint density at radius 3 is 2.73 bits per heavy atom. The highest BCUT2D eigenvalue weighted by molar-refractivity contribution is 5.92. The number of hydrogen-bond donors (Lipinski definition) is 0. The van der Waals surface area contributed by atoms with Gasteiger partial charge in [0.25, 0.3) is 5.91 Å². The smallest absolute Gasteiger partial charge is 0.274 e. The summed E-state index contributed by atoms with van der Waals surface area (Å²) in [6.07, 6.45) is 12.3. The van der Waals surface area contributed by atoms with Crippen LogP contribution in [0.3, 0.4) is 0 Å². The van der Waals surface area contributed by atoms with E-state index in [0.717, 1.165) is 36.2 Å². The zero-order valence-electron chi connectivity index (χ0n) is 14.6. The summed E-state index contributed by atoms with van der Waals surface area (Å²) in [6.45, 7) is 1.41. The second-order valence-electron chi connectivity index (χ2n) is 6.56. The minimum Gasteiger partial charge on any atom is -0.337 e. The summed E-state index contributed by atoms with van der Waals surface area (Å²) in [5.74, 6) is 0.182. The maximum atomic E-state index is 12.6. The van der Waals surface area contributed by atoms with E-state index in [1.807, 2.05) is 30.5 Å². The number of amides is 1. The fourth-order valence-corrected chi connectivity index (χ4v) is 3.36. The molecule has 4 heterocycles. The van der Waals surface area contributed by atoms with Crippen molar-refractivity contribution in [2.75, 3.05) is 13.1 Å². The maximum absolute atomic E-state index is 12.6. The standard InChI is InChI=1S/C19H20N6O/c1-24-12-16(10-23-24)14-4-5-17(22-9-14)15-3-2-8-25(13-15)19(26)18-11-20-6-7-21-18/h4-7,9-12,15H,2-3,8,13H2,1H3. The summed E-state index contributed by atoms with van der Waals surface area (Å²) >= 11 is 0. The second kappa shape index (κ2) is 7.03. The number of hydrogen-bond acceptors (Lipinski definition) is 5. The van der Waals surface area contributed by atoms with Gasteiger partial charge in [0.05, 0.1) is 12.4 Å². The minimum absolute atomic E-state index is 0.0604. The quantitative estimate of drug-likeness (QED) is 0.726. The monoisotopic (exact) mass is 348 g/mol. The highest BCUT2D eigenvalue weighted by atomic mass is 16.2. The molecule has 1 aliphatic heterocycles. The average molecular weight is 348 g/mol. The third-order valence-electron chi connectivity index (χ3n) is 4.73. The van der Waals surface area contributed by atoms with E-state index < -0.39 is 0 Å². The van der Waals surface area contributed by atoms with Crippen LogP contribution in [-0.4, -0.2) is 48.6 Å². The molecule has 0 radical (unpaired) electrons. The van der Waals surface area contributed by atoms with Crippen LogP contribution in [0.15, 0.2) is 49.3 Å². The van der Waals surface area contributed by atoms with Crippen LogP contribution in [-0.2, 0) is 7.05 Å². The third-order valence-corrected chi connectivity index (χ3v) is 4.73. The van der Waals surface area contributed by atoms with Crippen LogP contribution >= 0.6 is 0 Å². The Labute approximate surface area is 151 Å². The highest BCUT2D eigenvalue weighted by Gasteiger charge is 2.27.